The maximum absolute atomic E-state index is 11.8. The molecule has 0 bridgehead atoms. The van der Waals surface area contributed by atoms with Gasteiger partial charge in [-0.3, -0.25) is 9.59 Å². The van der Waals surface area contributed by atoms with Crippen molar-refractivity contribution >= 4 is 33.9 Å². The molecule has 2 rings (SSSR count). The summed E-state index contributed by atoms with van der Waals surface area (Å²) in [5.74, 6) is -0.281. The van der Waals surface area contributed by atoms with Crippen molar-refractivity contribution in [2.45, 2.75) is 0 Å². The summed E-state index contributed by atoms with van der Waals surface area (Å²) < 4.78 is 5.55. The SMILES string of the molecule is O=[C]c1ccoc1C(=O)Nc1ncccc1Br. The van der Waals surface area contributed by atoms with Gasteiger partial charge in [0.25, 0.3) is 5.91 Å². The molecule has 1 radical (unpaired) electrons. The second-order valence-electron chi connectivity index (χ2n) is 3.05. The van der Waals surface area contributed by atoms with Gasteiger partial charge in [0, 0.05) is 6.20 Å². The molecule has 5 nitrogen and oxygen atoms in total. The van der Waals surface area contributed by atoms with Crippen LogP contribution < -0.4 is 5.32 Å². The summed E-state index contributed by atoms with van der Waals surface area (Å²) in [6, 6.07) is 4.82. The van der Waals surface area contributed by atoms with Crippen LogP contribution in [0.3, 0.4) is 0 Å². The van der Waals surface area contributed by atoms with Gasteiger partial charge in [-0.05, 0) is 34.1 Å². The molecule has 0 aliphatic carbocycles. The number of amides is 1. The van der Waals surface area contributed by atoms with E-state index in [1.807, 2.05) is 0 Å². The van der Waals surface area contributed by atoms with E-state index in [0.29, 0.717) is 10.3 Å². The lowest BCUT2D eigenvalue weighted by atomic mass is 10.2. The smallest absolute Gasteiger partial charge is 0.293 e. The number of halogens is 1. The fourth-order valence-corrected chi connectivity index (χ4v) is 1.56. The van der Waals surface area contributed by atoms with Crippen LogP contribution in [0.2, 0.25) is 0 Å². The Bertz CT molecular complexity index is 565. The zero-order valence-electron chi connectivity index (χ0n) is 8.44. The second-order valence-corrected chi connectivity index (χ2v) is 3.91. The minimum atomic E-state index is -0.548. The summed E-state index contributed by atoms with van der Waals surface area (Å²) in [5.41, 5.74) is 0.0783. The second kappa shape index (κ2) is 4.92. The predicted molar refractivity (Wildman–Crippen MR) is 63.4 cm³/mol. The highest BCUT2D eigenvalue weighted by atomic mass is 79.9. The Hall–Kier alpha value is -1.95. The number of nitrogens with zero attached hydrogens (tertiary/aromatic N) is 1. The van der Waals surface area contributed by atoms with E-state index in [0.717, 1.165) is 0 Å². The van der Waals surface area contributed by atoms with Gasteiger partial charge < -0.3 is 9.73 Å². The zero-order chi connectivity index (χ0) is 12.3. The Balaban J connectivity index is 2.23. The Kier molecular flexibility index (Phi) is 3.34. The number of pyridine rings is 1. The van der Waals surface area contributed by atoms with Crippen molar-refractivity contribution in [2.75, 3.05) is 5.32 Å². The molecule has 0 saturated heterocycles. The highest BCUT2D eigenvalue weighted by Crippen LogP contribution is 2.19. The monoisotopic (exact) mass is 293 g/mol. The number of hydrogen-bond donors (Lipinski definition) is 1. The number of nitrogens with one attached hydrogen (secondary N) is 1. The number of anilines is 1. The predicted octanol–water partition coefficient (Wildman–Crippen LogP) is 2.15. The van der Waals surface area contributed by atoms with E-state index in [4.69, 9.17) is 4.42 Å². The van der Waals surface area contributed by atoms with Crippen LogP contribution in [0.15, 0.2) is 39.5 Å². The molecule has 85 valence electrons. The van der Waals surface area contributed by atoms with Crippen molar-refractivity contribution in [2.24, 2.45) is 0 Å². The Labute approximate surface area is 105 Å². The number of furan rings is 1. The van der Waals surface area contributed by atoms with E-state index in [2.05, 4.69) is 26.2 Å². The molecule has 0 spiro atoms. The maximum Gasteiger partial charge on any atom is 0.293 e. The molecule has 0 aromatic carbocycles. The highest BCUT2D eigenvalue weighted by Gasteiger charge is 2.16. The number of carbonyl (C=O) groups is 1. The third-order valence-electron chi connectivity index (χ3n) is 1.97. The van der Waals surface area contributed by atoms with E-state index < -0.39 is 5.91 Å². The summed E-state index contributed by atoms with van der Waals surface area (Å²) in [5, 5.41) is 2.52. The molecular formula is C11H6BrN2O3. The first-order chi connectivity index (χ1) is 8.22. The molecule has 0 aliphatic heterocycles. The zero-order valence-corrected chi connectivity index (χ0v) is 10.0. The fraction of sp³-hybridized carbons (Fsp3) is 0. The van der Waals surface area contributed by atoms with Gasteiger partial charge in [0.15, 0.2) is 0 Å². The quantitative estimate of drug-likeness (QED) is 0.941. The van der Waals surface area contributed by atoms with Crippen LogP contribution in [0.25, 0.3) is 0 Å². The standard InChI is InChI=1S/C11H6BrN2O3/c12-8-2-1-4-13-10(8)14-11(16)9-7(6-15)3-5-17-9/h1-5H,(H,13,14,16). The minimum Gasteiger partial charge on any atom is -0.458 e. The molecule has 0 unspecified atom stereocenters. The van der Waals surface area contributed by atoms with Crippen LogP contribution >= 0.6 is 15.9 Å². The summed E-state index contributed by atoms with van der Waals surface area (Å²) in [6.45, 7) is 0. The van der Waals surface area contributed by atoms with Gasteiger partial charge in [-0.1, -0.05) is 0 Å². The van der Waals surface area contributed by atoms with E-state index >= 15 is 0 Å². The lowest BCUT2D eigenvalue weighted by molar-refractivity contribution is 0.0996. The highest BCUT2D eigenvalue weighted by molar-refractivity contribution is 9.10. The molecule has 1 amide bonds. The van der Waals surface area contributed by atoms with Gasteiger partial charge in [-0.15, -0.1) is 0 Å². The average molecular weight is 294 g/mol. The molecule has 2 aromatic heterocycles. The normalized spacial score (nSPS) is 9.94. The van der Waals surface area contributed by atoms with E-state index in [1.165, 1.54) is 18.5 Å². The van der Waals surface area contributed by atoms with Crippen LogP contribution in [-0.2, 0) is 4.79 Å². The van der Waals surface area contributed by atoms with Gasteiger partial charge in [0.1, 0.15) is 5.82 Å². The molecule has 0 saturated carbocycles. The number of rotatable bonds is 3. The third-order valence-corrected chi connectivity index (χ3v) is 2.61. The molecule has 0 fully saturated rings. The first-order valence-electron chi connectivity index (χ1n) is 4.60. The van der Waals surface area contributed by atoms with Crippen molar-refractivity contribution < 1.29 is 14.0 Å². The van der Waals surface area contributed by atoms with Crippen molar-refractivity contribution in [3.8, 4) is 0 Å². The van der Waals surface area contributed by atoms with Crippen LogP contribution in [0.1, 0.15) is 16.1 Å². The molecule has 0 atom stereocenters. The van der Waals surface area contributed by atoms with Crippen LogP contribution in [0.4, 0.5) is 5.82 Å². The largest absolute Gasteiger partial charge is 0.458 e. The summed E-state index contributed by atoms with van der Waals surface area (Å²) in [4.78, 5) is 26.2. The molecule has 2 aromatic rings. The molecule has 1 N–H and O–H groups in total. The molecule has 2 heterocycles. The number of aromatic nitrogens is 1. The molecular weight excluding hydrogens is 288 g/mol. The van der Waals surface area contributed by atoms with Crippen molar-refractivity contribution in [1.82, 2.24) is 4.98 Å². The van der Waals surface area contributed by atoms with Gasteiger partial charge in [-0.25, -0.2) is 4.98 Å². The first-order valence-corrected chi connectivity index (χ1v) is 5.39. The van der Waals surface area contributed by atoms with E-state index in [1.54, 1.807) is 18.4 Å². The van der Waals surface area contributed by atoms with Gasteiger partial charge in [-0.2, -0.15) is 0 Å². The lowest BCUT2D eigenvalue weighted by Crippen LogP contribution is -2.14. The molecule has 0 aliphatic rings. The third kappa shape index (κ3) is 2.42. The van der Waals surface area contributed by atoms with Crippen molar-refractivity contribution in [1.29, 1.82) is 0 Å². The maximum atomic E-state index is 11.8. The van der Waals surface area contributed by atoms with Crippen molar-refractivity contribution in [3.05, 3.63) is 46.5 Å². The van der Waals surface area contributed by atoms with E-state index in [-0.39, 0.29) is 11.3 Å². The number of hydrogen-bond acceptors (Lipinski definition) is 4. The average Bonchev–Trinajstić information content (AvgIpc) is 2.80. The Morgan fingerprint density at radius 3 is 3.00 bits per heavy atom. The summed E-state index contributed by atoms with van der Waals surface area (Å²) in [7, 11) is 0. The number of carbonyl (C=O) groups excluding carboxylic acids is 2. The van der Waals surface area contributed by atoms with Crippen LogP contribution in [0.5, 0.6) is 0 Å². The van der Waals surface area contributed by atoms with Crippen LogP contribution in [0, 0.1) is 0 Å². The lowest BCUT2D eigenvalue weighted by Gasteiger charge is -2.03. The Morgan fingerprint density at radius 2 is 2.29 bits per heavy atom. The van der Waals surface area contributed by atoms with Crippen molar-refractivity contribution in [3.63, 3.8) is 0 Å². The van der Waals surface area contributed by atoms with E-state index in [9.17, 15) is 9.59 Å². The fourth-order valence-electron chi connectivity index (χ4n) is 1.21. The van der Waals surface area contributed by atoms with Crippen LogP contribution in [-0.4, -0.2) is 17.2 Å². The summed E-state index contributed by atoms with van der Waals surface area (Å²) in [6.07, 6.45) is 4.41. The Morgan fingerprint density at radius 1 is 1.47 bits per heavy atom. The topological polar surface area (TPSA) is 72.2 Å². The van der Waals surface area contributed by atoms with Gasteiger partial charge in [0.05, 0.1) is 16.3 Å². The minimum absolute atomic E-state index is 0.0783. The molecule has 6 heteroatoms. The molecule has 17 heavy (non-hydrogen) atoms. The first kappa shape index (κ1) is 11.5. The van der Waals surface area contributed by atoms with Gasteiger partial charge in [0.2, 0.25) is 12.0 Å². The van der Waals surface area contributed by atoms with Gasteiger partial charge >= 0.3 is 0 Å². The summed E-state index contributed by atoms with van der Waals surface area (Å²) >= 11 is 3.24.